The van der Waals surface area contributed by atoms with Crippen molar-refractivity contribution >= 4 is 21.9 Å². The van der Waals surface area contributed by atoms with Crippen molar-refractivity contribution in [3.05, 3.63) is 0 Å². The van der Waals surface area contributed by atoms with Crippen LogP contribution in [0.25, 0.3) is 0 Å². The predicted octanol–water partition coefficient (Wildman–Crippen LogP) is 1.63. The van der Waals surface area contributed by atoms with Gasteiger partial charge in [0.2, 0.25) is 0 Å². The third kappa shape index (κ3) is 5.95. The fraction of sp³-hybridized carbons (Fsp3) is 0.800. The smallest absolute Gasteiger partial charge is 0.304 e. The monoisotopic (exact) mass is 180 g/mol. The fourth-order valence-corrected chi connectivity index (χ4v) is 0.599. The molecular formula is C5H9BrO2. The highest BCUT2D eigenvalue weighted by Crippen LogP contribution is 2.19. The molecule has 0 fully saturated rings. The van der Waals surface area contributed by atoms with Crippen LogP contribution in [-0.2, 0) is 4.79 Å². The highest BCUT2D eigenvalue weighted by molar-refractivity contribution is 9.10. The van der Waals surface area contributed by atoms with Crippen molar-refractivity contribution in [2.45, 2.75) is 24.6 Å². The second kappa shape index (κ2) is 2.49. The highest BCUT2D eigenvalue weighted by Gasteiger charge is 2.16. The molecule has 8 heavy (non-hydrogen) atoms. The molecule has 2 nitrogen and oxygen atoms in total. The maximum atomic E-state index is 9.98. The standard InChI is InChI=1S/C5H9BrO2/c1-5(2,6)3-4(7)8/h3H2,1-2H3,(H,7,8). The van der Waals surface area contributed by atoms with Crippen molar-refractivity contribution in [2.75, 3.05) is 0 Å². The summed E-state index contributed by atoms with van der Waals surface area (Å²) in [5, 5.41) is 8.22. The maximum absolute atomic E-state index is 9.98. The van der Waals surface area contributed by atoms with Gasteiger partial charge in [-0.2, -0.15) is 0 Å². The molecule has 0 saturated carbocycles. The van der Waals surface area contributed by atoms with Gasteiger partial charge in [-0.3, -0.25) is 4.79 Å². The summed E-state index contributed by atoms with van der Waals surface area (Å²) in [7, 11) is 0. The van der Waals surface area contributed by atoms with Gasteiger partial charge in [-0.1, -0.05) is 15.9 Å². The van der Waals surface area contributed by atoms with E-state index in [9.17, 15) is 4.79 Å². The van der Waals surface area contributed by atoms with Gasteiger partial charge in [0.15, 0.2) is 0 Å². The van der Waals surface area contributed by atoms with Crippen molar-refractivity contribution in [1.82, 2.24) is 0 Å². The van der Waals surface area contributed by atoms with Crippen molar-refractivity contribution in [3.8, 4) is 0 Å². The lowest BCUT2D eigenvalue weighted by Gasteiger charge is -2.10. The lowest BCUT2D eigenvalue weighted by molar-refractivity contribution is -0.137. The number of carboxylic acids is 1. The molecule has 0 spiro atoms. The van der Waals surface area contributed by atoms with E-state index in [-0.39, 0.29) is 10.7 Å². The van der Waals surface area contributed by atoms with E-state index >= 15 is 0 Å². The molecule has 3 heteroatoms. The largest absolute Gasteiger partial charge is 0.481 e. The molecule has 0 bridgehead atoms. The van der Waals surface area contributed by atoms with E-state index in [0.717, 1.165) is 0 Å². The average Bonchev–Trinajstić information content (AvgIpc) is 1.21. The van der Waals surface area contributed by atoms with E-state index in [4.69, 9.17) is 5.11 Å². The van der Waals surface area contributed by atoms with Crippen LogP contribution in [0.3, 0.4) is 0 Å². The molecule has 0 aromatic rings. The molecule has 0 amide bonds. The summed E-state index contributed by atoms with van der Waals surface area (Å²) in [5.74, 6) is -0.771. The van der Waals surface area contributed by atoms with Crippen LogP contribution < -0.4 is 0 Å². The van der Waals surface area contributed by atoms with Crippen LogP contribution in [0, 0.1) is 0 Å². The minimum absolute atomic E-state index is 0.160. The van der Waals surface area contributed by atoms with E-state index in [0.29, 0.717) is 0 Å². The number of carboxylic acid groups (broad SMARTS) is 1. The first-order valence-corrected chi connectivity index (χ1v) is 3.12. The zero-order valence-corrected chi connectivity index (χ0v) is 6.53. The van der Waals surface area contributed by atoms with Crippen LogP contribution in [-0.4, -0.2) is 15.4 Å². The van der Waals surface area contributed by atoms with Crippen LogP contribution >= 0.6 is 15.9 Å². The van der Waals surface area contributed by atoms with Crippen LogP contribution in [0.15, 0.2) is 0 Å². The molecule has 0 rings (SSSR count). The zero-order valence-electron chi connectivity index (χ0n) is 4.94. The molecule has 1 N–H and O–H groups in total. The van der Waals surface area contributed by atoms with Gasteiger partial charge in [-0.05, 0) is 13.8 Å². The van der Waals surface area contributed by atoms with Gasteiger partial charge in [0.1, 0.15) is 0 Å². The molecule has 0 saturated heterocycles. The van der Waals surface area contributed by atoms with Crippen molar-refractivity contribution in [3.63, 3.8) is 0 Å². The molecule has 48 valence electrons. The SMILES string of the molecule is CC(C)(Br)CC(=O)O. The minimum atomic E-state index is -0.771. The number of aliphatic carboxylic acids is 1. The zero-order chi connectivity index (χ0) is 6.78. The van der Waals surface area contributed by atoms with Gasteiger partial charge in [0, 0.05) is 4.32 Å². The summed E-state index contributed by atoms with van der Waals surface area (Å²) < 4.78 is -0.265. The van der Waals surface area contributed by atoms with Gasteiger partial charge in [-0.25, -0.2) is 0 Å². The number of hydrogen-bond donors (Lipinski definition) is 1. The van der Waals surface area contributed by atoms with Crippen LogP contribution in [0.5, 0.6) is 0 Å². The lowest BCUT2D eigenvalue weighted by Crippen LogP contribution is -2.14. The fourth-order valence-electron chi connectivity index (χ4n) is 0.360. The first-order valence-electron chi connectivity index (χ1n) is 2.32. The summed E-state index contributed by atoms with van der Waals surface area (Å²) >= 11 is 3.20. The Morgan fingerprint density at radius 3 is 2.12 bits per heavy atom. The topological polar surface area (TPSA) is 37.3 Å². The summed E-state index contributed by atoms with van der Waals surface area (Å²) in [6, 6.07) is 0. The Kier molecular flexibility index (Phi) is 2.47. The molecule has 0 aromatic carbocycles. The summed E-state index contributed by atoms with van der Waals surface area (Å²) in [4.78, 5) is 9.98. The Morgan fingerprint density at radius 1 is 1.75 bits per heavy atom. The third-order valence-electron chi connectivity index (χ3n) is 0.572. The molecule has 0 aliphatic carbocycles. The number of hydrogen-bond acceptors (Lipinski definition) is 1. The van der Waals surface area contributed by atoms with Crippen molar-refractivity contribution in [1.29, 1.82) is 0 Å². The third-order valence-corrected chi connectivity index (χ3v) is 0.852. The van der Waals surface area contributed by atoms with Crippen LogP contribution in [0.2, 0.25) is 0 Å². The predicted molar refractivity (Wildman–Crippen MR) is 35.3 cm³/mol. The van der Waals surface area contributed by atoms with Gasteiger partial charge in [-0.15, -0.1) is 0 Å². The Bertz CT molecular complexity index is 93.1. The first kappa shape index (κ1) is 7.95. The summed E-state index contributed by atoms with van der Waals surface area (Å²) in [6.45, 7) is 3.64. The molecule has 0 unspecified atom stereocenters. The second-order valence-corrected chi connectivity index (χ2v) is 4.44. The number of carbonyl (C=O) groups is 1. The van der Waals surface area contributed by atoms with Crippen molar-refractivity contribution < 1.29 is 9.90 Å². The van der Waals surface area contributed by atoms with Crippen molar-refractivity contribution in [2.24, 2.45) is 0 Å². The Morgan fingerprint density at radius 2 is 2.12 bits per heavy atom. The molecular weight excluding hydrogens is 172 g/mol. The van der Waals surface area contributed by atoms with E-state index in [1.54, 1.807) is 0 Å². The highest BCUT2D eigenvalue weighted by atomic mass is 79.9. The summed E-state index contributed by atoms with van der Waals surface area (Å²) in [6.07, 6.45) is 0.160. The minimum Gasteiger partial charge on any atom is -0.481 e. The second-order valence-electron chi connectivity index (χ2n) is 2.29. The Hall–Kier alpha value is -0.0500. The molecule has 0 aromatic heterocycles. The molecule has 0 atom stereocenters. The molecule has 0 radical (unpaired) electrons. The molecule has 0 aliphatic heterocycles. The normalized spacial score (nSPS) is 11.4. The maximum Gasteiger partial charge on any atom is 0.304 e. The average molecular weight is 181 g/mol. The van der Waals surface area contributed by atoms with Gasteiger partial charge in [0.25, 0.3) is 0 Å². The quantitative estimate of drug-likeness (QED) is 0.657. The molecule has 0 heterocycles. The number of alkyl halides is 1. The van der Waals surface area contributed by atoms with E-state index in [1.165, 1.54) is 0 Å². The first-order chi connectivity index (χ1) is 3.42. The Balaban J connectivity index is 3.55. The van der Waals surface area contributed by atoms with E-state index in [1.807, 2.05) is 13.8 Å². The summed E-state index contributed by atoms with van der Waals surface area (Å²) in [5.41, 5.74) is 0. The number of halogens is 1. The molecule has 0 aliphatic rings. The van der Waals surface area contributed by atoms with E-state index in [2.05, 4.69) is 15.9 Å². The van der Waals surface area contributed by atoms with Gasteiger partial charge < -0.3 is 5.11 Å². The lowest BCUT2D eigenvalue weighted by atomic mass is 10.1. The van der Waals surface area contributed by atoms with Crippen LogP contribution in [0.4, 0.5) is 0 Å². The van der Waals surface area contributed by atoms with Gasteiger partial charge >= 0.3 is 5.97 Å². The van der Waals surface area contributed by atoms with E-state index < -0.39 is 5.97 Å². The van der Waals surface area contributed by atoms with Gasteiger partial charge in [0.05, 0.1) is 6.42 Å². The van der Waals surface area contributed by atoms with Crippen LogP contribution in [0.1, 0.15) is 20.3 Å². The Labute approximate surface area is 57.0 Å². The number of rotatable bonds is 2.